The van der Waals surface area contributed by atoms with Gasteiger partial charge < -0.3 is 20.5 Å². The monoisotopic (exact) mass is 536 g/mol. The van der Waals surface area contributed by atoms with Crippen LogP contribution in [0.4, 0.5) is 0 Å². The van der Waals surface area contributed by atoms with Gasteiger partial charge in [-0.15, -0.1) is 0 Å². The largest absolute Gasteiger partial charge is 0.545 e. The van der Waals surface area contributed by atoms with Crippen LogP contribution in [0.15, 0.2) is 83.5 Å². The minimum atomic E-state index is -1.26. The van der Waals surface area contributed by atoms with E-state index < -0.39 is 17.8 Å². The average molecular weight is 537 g/mol. The smallest absolute Gasteiger partial charge is 0.278 e. The van der Waals surface area contributed by atoms with E-state index in [1.165, 1.54) is 12.1 Å². The zero-order chi connectivity index (χ0) is 26.5. The quantitative estimate of drug-likeness (QED) is 0.406. The highest BCUT2D eigenvalue weighted by Crippen LogP contribution is 2.25. The average Bonchev–Trinajstić information content (AvgIpc) is 3.10. The number of nitrogens with one attached hydrogen (secondary N) is 2. The zero-order valence-corrected chi connectivity index (χ0v) is 20.8. The molecule has 10 heteroatoms. The minimum Gasteiger partial charge on any atom is -0.545 e. The van der Waals surface area contributed by atoms with E-state index in [1.807, 2.05) is 0 Å². The van der Waals surface area contributed by atoms with E-state index in [1.54, 1.807) is 60.7 Å². The molecule has 4 rings (SSSR count). The number of aromatic carboxylic acids is 1. The number of carboxylic acids is 1. The number of carbonyl (C=O) groups is 4. The Labute approximate surface area is 222 Å². The Morgan fingerprint density at radius 1 is 0.730 bits per heavy atom. The SMILES string of the molecule is O=C([O-])c1ccc(CNC(=O)c2ccc(CNC3=C(Cl)C(=O)N(Cc4ccc(Cl)cc4)C3=O)cc2)cc1. The van der Waals surface area contributed by atoms with Gasteiger partial charge in [-0.1, -0.05) is 71.7 Å². The number of amides is 3. The molecule has 0 unspecified atom stereocenters. The molecule has 3 amide bonds. The number of hydrogen-bond donors (Lipinski definition) is 2. The second-order valence-electron chi connectivity index (χ2n) is 8.23. The van der Waals surface area contributed by atoms with Crippen LogP contribution in [-0.4, -0.2) is 28.6 Å². The van der Waals surface area contributed by atoms with Gasteiger partial charge in [0.15, 0.2) is 0 Å². The number of carbonyl (C=O) groups excluding carboxylic acids is 4. The van der Waals surface area contributed by atoms with Crippen LogP contribution in [-0.2, 0) is 29.2 Å². The van der Waals surface area contributed by atoms with Crippen molar-refractivity contribution >= 4 is 46.9 Å². The van der Waals surface area contributed by atoms with Crippen LogP contribution < -0.4 is 15.7 Å². The van der Waals surface area contributed by atoms with E-state index in [0.29, 0.717) is 10.6 Å². The van der Waals surface area contributed by atoms with E-state index in [4.69, 9.17) is 23.2 Å². The molecule has 0 bridgehead atoms. The molecule has 8 nitrogen and oxygen atoms in total. The molecule has 0 saturated heterocycles. The van der Waals surface area contributed by atoms with Crippen molar-refractivity contribution in [1.82, 2.24) is 15.5 Å². The van der Waals surface area contributed by atoms with Crippen molar-refractivity contribution in [2.75, 3.05) is 0 Å². The number of halogens is 2. The van der Waals surface area contributed by atoms with Crippen molar-refractivity contribution in [2.45, 2.75) is 19.6 Å². The molecular weight excluding hydrogens is 517 g/mol. The van der Waals surface area contributed by atoms with Gasteiger partial charge in [0, 0.05) is 23.7 Å². The molecule has 1 aliphatic heterocycles. The van der Waals surface area contributed by atoms with Crippen LogP contribution in [0.2, 0.25) is 5.02 Å². The highest BCUT2D eigenvalue weighted by Gasteiger charge is 2.37. The van der Waals surface area contributed by atoms with Gasteiger partial charge in [-0.2, -0.15) is 0 Å². The summed E-state index contributed by atoms with van der Waals surface area (Å²) in [6, 6.07) is 19.6. The molecular formula is C27H20Cl2N3O5-. The highest BCUT2D eigenvalue weighted by molar-refractivity contribution is 6.47. The maximum Gasteiger partial charge on any atom is 0.278 e. The molecule has 37 heavy (non-hydrogen) atoms. The van der Waals surface area contributed by atoms with Gasteiger partial charge in [0.05, 0.1) is 12.5 Å². The van der Waals surface area contributed by atoms with Gasteiger partial charge >= 0.3 is 0 Å². The fraction of sp³-hybridized carbons (Fsp3) is 0.111. The van der Waals surface area contributed by atoms with Crippen molar-refractivity contribution in [1.29, 1.82) is 0 Å². The summed E-state index contributed by atoms with van der Waals surface area (Å²) in [6.07, 6.45) is 0. The number of benzene rings is 3. The Bertz CT molecular complexity index is 1390. The summed E-state index contributed by atoms with van der Waals surface area (Å²) in [6.45, 7) is 0.512. The second kappa shape index (κ2) is 11.3. The molecule has 0 fully saturated rings. The van der Waals surface area contributed by atoms with Crippen LogP contribution >= 0.6 is 23.2 Å². The van der Waals surface area contributed by atoms with Gasteiger partial charge in [-0.25, -0.2) is 0 Å². The Morgan fingerprint density at radius 2 is 1.27 bits per heavy atom. The van der Waals surface area contributed by atoms with Crippen molar-refractivity contribution in [3.63, 3.8) is 0 Å². The molecule has 1 aliphatic rings. The van der Waals surface area contributed by atoms with Crippen LogP contribution in [0.3, 0.4) is 0 Å². The van der Waals surface area contributed by atoms with Crippen molar-refractivity contribution in [2.24, 2.45) is 0 Å². The molecule has 0 radical (unpaired) electrons. The molecule has 1 heterocycles. The fourth-order valence-corrected chi connectivity index (χ4v) is 4.00. The molecule has 0 atom stereocenters. The molecule has 3 aromatic carbocycles. The van der Waals surface area contributed by atoms with Crippen LogP contribution in [0.25, 0.3) is 0 Å². The summed E-state index contributed by atoms with van der Waals surface area (Å²) in [5.41, 5.74) is 2.75. The lowest BCUT2D eigenvalue weighted by Gasteiger charge is -2.15. The molecule has 0 aromatic heterocycles. The molecule has 2 N–H and O–H groups in total. The van der Waals surface area contributed by atoms with Crippen molar-refractivity contribution < 1.29 is 24.3 Å². The molecule has 0 saturated carbocycles. The maximum atomic E-state index is 12.8. The number of rotatable bonds is 9. The van der Waals surface area contributed by atoms with Crippen LogP contribution in [0.1, 0.15) is 37.4 Å². The first-order chi connectivity index (χ1) is 17.7. The lowest BCUT2D eigenvalue weighted by atomic mass is 10.1. The first kappa shape index (κ1) is 25.9. The van der Waals surface area contributed by atoms with Crippen molar-refractivity contribution in [3.8, 4) is 0 Å². The lowest BCUT2D eigenvalue weighted by Crippen LogP contribution is -2.33. The van der Waals surface area contributed by atoms with Crippen LogP contribution in [0, 0.1) is 0 Å². The second-order valence-corrected chi connectivity index (χ2v) is 9.04. The van der Waals surface area contributed by atoms with E-state index in [2.05, 4.69) is 10.6 Å². The Morgan fingerprint density at radius 3 is 1.86 bits per heavy atom. The predicted molar refractivity (Wildman–Crippen MR) is 135 cm³/mol. The first-order valence-electron chi connectivity index (χ1n) is 11.1. The molecule has 3 aromatic rings. The third-order valence-corrected chi connectivity index (χ3v) is 6.30. The summed E-state index contributed by atoms with van der Waals surface area (Å²) in [7, 11) is 0. The summed E-state index contributed by atoms with van der Waals surface area (Å²) >= 11 is 12.0. The van der Waals surface area contributed by atoms with Gasteiger partial charge in [0.25, 0.3) is 17.7 Å². The summed E-state index contributed by atoms with van der Waals surface area (Å²) in [5, 5.41) is 16.9. The zero-order valence-electron chi connectivity index (χ0n) is 19.3. The minimum absolute atomic E-state index is 0.0205. The van der Waals surface area contributed by atoms with Gasteiger partial charge in [0.1, 0.15) is 10.7 Å². The number of carboxylic acid groups (broad SMARTS) is 1. The fourth-order valence-electron chi connectivity index (χ4n) is 3.62. The van der Waals surface area contributed by atoms with Crippen molar-refractivity contribution in [3.05, 3.63) is 116 Å². The summed E-state index contributed by atoms with van der Waals surface area (Å²) < 4.78 is 0. The summed E-state index contributed by atoms with van der Waals surface area (Å²) in [5.74, 6) is -2.66. The standard InChI is InChI=1S/C27H21Cl2N3O5/c28-21-11-5-18(6-12-21)15-32-25(34)22(29)23(26(32)35)30-13-16-1-7-19(8-2-16)24(33)31-14-17-3-9-20(10-4-17)27(36)37/h1-12,30H,13-15H2,(H,31,33)(H,36,37)/p-1. The predicted octanol–water partition coefficient (Wildman–Crippen LogP) is 2.74. The molecule has 0 aliphatic carbocycles. The molecule has 188 valence electrons. The Balaban J connectivity index is 1.31. The number of nitrogens with zero attached hydrogens (tertiary/aromatic N) is 1. The Hall–Kier alpha value is -4.14. The highest BCUT2D eigenvalue weighted by atomic mass is 35.5. The van der Waals surface area contributed by atoms with Gasteiger partial charge in [-0.05, 0) is 46.5 Å². The van der Waals surface area contributed by atoms with E-state index in [9.17, 15) is 24.3 Å². The van der Waals surface area contributed by atoms with E-state index in [0.717, 1.165) is 21.6 Å². The maximum absolute atomic E-state index is 12.8. The number of imide groups is 1. The molecule has 0 spiro atoms. The van der Waals surface area contributed by atoms with E-state index in [-0.39, 0.29) is 41.8 Å². The summed E-state index contributed by atoms with van der Waals surface area (Å²) in [4.78, 5) is 49.6. The first-order valence-corrected chi connectivity index (χ1v) is 11.9. The van der Waals surface area contributed by atoms with Crippen LogP contribution in [0.5, 0.6) is 0 Å². The van der Waals surface area contributed by atoms with E-state index >= 15 is 0 Å². The normalized spacial score (nSPS) is 13.2. The Kier molecular flexibility index (Phi) is 7.91. The van der Waals surface area contributed by atoms with Gasteiger partial charge in [0.2, 0.25) is 0 Å². The lowest BCUT2D eigenvalue weighted by molar-refractivity contribution is -0.255. The third-order valence-electron chi connectivity index (χ3n) is 5.69. The van der Waals surface area contributed by atoms with Gasteiger partial charge in [-0.3, -0.25) is 19.3 Å². The topological polar surface area (TPSA) is 119 Å². The third kappa shape index (κ3) is 6.17. The number of hydrogen-bond acceptors (Lipinski definition) is 6.